The summed E-state index contributed by atoms with van der Waals surface area (Å²) < 4.78 is 0. The lowest BCUT2D eigenvalue weighted by Gasteiger charge is -2.33. The summed E-state index contributed by atoms with van der Waals surface area (Å²) in [6.45, 7) is 6.93. The SMILES string of the molecule is Cc1cc(C)c(CN2CC(=O)NC(C3CC3)C2=O)c(C)c1. The number of hydrogen-bond acceptors (Lipinski definition) is 2. The third-order valence-electron chi connectivity index (χ3n) is 4.51. The Kier molecular flexibility index (Phi) is 3.47. The normalized spacial score (nSPS) is 22.4. The number of carbonyl (C=O) groups is 2. The second kappa shape index (κ2) is 5.17. The molecule has 0 bridgehead atoms. The Bertz CT molecular complexity index is 582. The molecule has 112 valence electrons. The molecule has 1 heterocycles. The molecule has 1 aliphatic carbocycles. The molecule has 21 heavy (non-hydrogen) atoms. The quantitative estimate of drug-likeness (QED) is 0.922. The molecule has 4 heteroatoms. The zero-order valence-electron chi connectivity index (χ0n) is 12.9. The molecular formula is C17H22N2O2. The molecule has 4 nitrogen and oxygen atoms in total. The Morgan fingerprint density at radius 1 is 1.14 bits per heavy atom. The van der Waals surface area contributed by atoms with Gasteiger partial charge in [0, 0.05) is 6.54 Å². The Morgan fingerprint density at radius 2 is 1.76 bits per heavy atom. The monoisotopic (exact) mass is 286 g/mol. The summed E-state index contributed by atoms with van der Waals surface area (Å²) in [5.74, 6) is 0.398. The van der Waals surface area contributed by atoms with E-state index < -0.39 is 0 Å². The highest BCUT2D eigenvalue weighted by molar-refractivity contribution is 5.95. The molecule has 2 fully saturated rings. The standard InChI is InChI=1S/C17H22N2O2/c1-10-6-11(2)14(12(3)7-10)8-19-9-15(20)18-16(17(19)21)13-4-5-13/h6-7,13,16H,4-5,8-9H2,1-3H3,(H,18,20). The fraction of sp³-hybridized carbons (Fsp3) is 0.529. The first kappa shape index (κ1) is 14.1. The van der Waals surface area contributed by atoms with E-state index in [0.29, 0.717) is 12.5 Å². The van der Waals surface area contributed by atoms with Gasteiger partial charge >= 0.3 is 0 Å². The molecule has 0 aromatic heterocycles. The van der Waals surface area contributed by atoms with Crippen molar-refractivity contribution in [1.29, 1.82) is 0 Å². The van der Waals surface area contributed by atoms with Gasteiger partial charge in [-0.15, -0.1) is 0 Å². The van der Waals surface area contributed by atoms with Crippen LogP contribution in [0.1, 0.15) is 35.1 Å². The predicted molar refractivity (Wildman–Crippen MR) is 80.7 cm³/mol. The Morgan fingerprint density at radius 3 is 2.33 bits per heavy atom. The van der Waals surface area contributed by atoms with E-state index >= 15 is 0 Å². The van der Waals surface area contributed by atoms with Crippen LogP contribution in [0.15, 0.2) is 12.1 Å². The number of piperazine rings is 1. The van der Waals surface area contributed by atoms with E-state index in [1.54, 1.807) is 4.90 Å². The van der Waals surface area contributed by atoms with E-state index in [4.69, 9.17) is 0 Å². The second-order valence-corrected chi connectivity index (χ2v) is 6.45. The van der Waals surface area contributed by atoms with Crippen molar-refractivity contribution in [2.45, 2.75) is 46.2 Å². The highest BCUT2D eigenvalue weighted by Gasteiger charge is 2.42. The molecule has 1 N–H and O–H groups in total. The average molecular weight is 286 g/mol. The third-order valence-corrected chi connectivity index (χ3v) is 4.51. The predicted octanol–water partition coefficient (Wildman–Crippen LogP) is 1.85. The molecule has 3 rings (SSSR count). The van der Waals surface area contributed by atoms with Gasteiger partial charge < -0.3 is 10.2 Å². The van der Waals surface area contributed by atoms with Crippen LogP contribution in [0, 0.1) is 26.7 Å². The molecule has 2 amide bonds. The second-order valence-electron chi connectivity index (χ2n) is 6.45. The van der Waals surface area contributed by atoms with E-state index in [1.165, 1.54) is 16.7 Å². The molecule has 1 saturated heterocycles. The molecular weight excluding hydrogens is 264 g/mol. The molecule has 1 saturated carbocycles. The largest absolute Gasteiger partial charge is 0.342 e. The minimum atomic E-state index is -0.294. The summed E-state index contributed by atoms with van der Waals surface area (Å²) >= 11 is 0. The summed E-state index contributed by atoms with van der Waals surface area (Å²) in [5, 5.41) is 2.85. The molecule has 1 aromatic rings. The van der Waals surface area contributed by atoms with Crippen molar-refractivity contribution >= 4 is 11.8 Å². The Hall–Kier alpha value is -1.84. The van der Waals surface area contributed by atoms with Gasteiger partial charge in [0.05, 0.1) is 6.54 Å². The number of hydrogen-bond donors (Lipinski definition) is 1. The van der Waals surface area contributed by atoms with Crippen molar-refractivity contribution in [3.8, 4) is 0 Å². The maximum atomic E-state index is 12.6. The number of benzene rings is 1. The van der Waals surface area contributed by atoms with Gasteiger partial charge in [0.25, 0.3) is 0 Å². The number of aryl methyl sites for hydroxylation is 3. The van der Waals surface area contributed by atoms with Crippen molar-refractivity contribution in [2.24, 2.45) is 5.92 Å². The maximum absolute atomic E-state index is 12.6. The van der Waals surface area contributed by atoms with Crippen molar-refractivity contribution in [3.63, 3.8) is 0 Å². The average Bonchev–Trinajstić information content (AvgIpc) is 3.21. The van der Waals surface area contributed by atoms with Crippen LogP contribution in [-0.4, -0.2) is 29.3 Å². The molecule has 1 unspecified atom stereocenters. The van der Waals surface area contributed by atoms with E-state index in [9.17, 15) is 9.59 Å². The highest BCUT2D eigenvalue weighted by atomic mass is 16.2. The van der Waals surface area contributed by atoms with Gasteiger partial charge in [-0.2, -0.15) is 0 Å². The number of rotatable bonds is 3. The molecule has 0 radical (unpaired) electrons. The molecule has 1 atom stereocenters. The summed E-state index contributed by atoms with van der Waals surface area (Å²) in [7, 11) is 0. The van der Waals surface area contributed by atoms with Crippen molar-refractivity contribution in [3.05, 3.63) is 34.4 Å². The summed E-state index contributed by atoms with van der Waals surface area (Å²) in [5.41, 5.74) is 4.77. The van der Waals surface area contributed by atoms with Gasteiger partial charge in [0.2, 0.25) is 11.8 Å². The lowest BCUT2D eigenvalue weighted by molar-refractivity contribution is -0.145. The number of nitrogens with one attached hydrogen (secondary N) is 1. The van der Waals surface area contributed by atoms with E-state index in [-0.39, 0.29) is 24.4 Å². The van der Waals surface area contributed by atoms with Gasteiger partial charge in [-0.05, 0) is 56.2 Å². The van der Waals surface area contributed by atoms with Crippen molar-refractivity contribution in [1.82, 2.24) is 10.2 Å². The van der Waals surface area contributed by atoms with Crippen LogP contribution in [0.3, 0.4) is 0 Å². The topological polar surface area (TPSA) is 49.4 Å². The van der Waals surface area contributed by atoms with Gasteiger partial charge in [0.1, 0.15) is 6.04 Å². The van der Waals surface area contributed by atoms with Gasteiger partial charge in [-0.3, -0.25) is 9.59 Å². The number of amides is 2. The fourth-order valence-corrected chi connectivity index (χ4v) is 3.26. The summed E-state index contributed by atoms with van der Waals surface area (Å²) in [6, 6.07) is 3.97. The Labute approximate surface area is 125 Å². The van der Waals surface area contributed by atoms with Crippen LogP contribution >= 0.6 is 0 Å². The number of carbonyl (C=O) groups excluding carboxylic acids is 2. The van der Waals surface area contributed by atoms with E-state index in [1.807, 2.05) is 0 Å². The Balaban J connectivity index is 1.83. The van der Waals surface area contributed by atoms with Crippen LogP contribution in [0.25, 0.3) is 0 Å². The zero-order chi connectivity index (χ0) is 15.1. The van der Waals surface area contributed by atoms with Crippen molar-refractivity contribution < 1.29 is 9.59 Å². The van der Waals surface area contributed by atoms with Crippen molar-refractivity contribution in [2.75, 3.05) is 6.54 Å². The zero-order valence-corrected chi connectivity index (χ0v) is 12.9. The molecule has 1 aromatic carbocycles. The van der Waals surface area contributed by atoms with E-state index in [0.717, 1.165) is 18.4 Å². The van der Waals surface area contributed by atoms with Crippen LogP contribution in [0.4, 0.5) is 0 Å². The lowest BCUT2D eigenvalue weighted by Crippen LogP contribution is -2.58. The molecule has 1 aliphatic heterocycles. The van der Waals surface area contributed by atoms with Gasteiger partial charge in [-0.25, -0.2) is 0 Å². The minimum absolute atomic E-state index is 0.0334. The first-order valence-corrected chi connectivity index (χ1v) is 7.60. The molecule has 0 spiro atoms. The van der Waals surface area contributed by atoms with Crippen LogP contribution in [0.5, 0.6) is 0 Å². The molecule has 2 aliphatic rings. The van der Waals surface area contributed by atoms with Gasteiger partial charge in [0.15, 0.2) is 0 Å². The third kappa shape index (κ3) is 2.80. The summed E-state index contributed by atoms with van der Waals surface area (Å²) in [6.07, 6.45) is 2.10. The van der Waals surface area contributed by atoms with Crippen LogP contribution < -0.4 is 5.32 Å². The van der Waals surface area contributed by atoms with Crippen LogP contribution in [0.2, 0.25) is 0 Å². The fourth-order valence-electron chi connectivity index (χ4n) is 3.26. The first-order chi connectivity index (χ1) is 9.95. The minimum Gasteiger partial charge on any atom is -0.342 e. The van der Waals surface area contributed by atoms with Gasteiger partial charge in [-0.1, -0.05) is 17.7 Å². The highest BCUT2D eigenvalue weighted by Crippen LogP contribution is 2.34. The van der Waals surface area contributed by atoms with E-state index in [2.05, 4.69) is 38.2 Å². The first-order valence-electron chi connectivity index (χ1n) is 7.60. The lowest BCUT2D eigenvalue weighted by atomic mass is 9.98. The smallest absolute Gasteiger partial charge is 0.246 e. The van der Waals surface area contributed by atoms with Crippen LogP contribution in [-0.2, 0) is 16.1 Å². The number of nitrogens with zero attached hydrogens (tertiary/aromatic N) is 1. The maximum Gasteiger partial charge on any atom is 0.246 e. The summed E-state index contributed by atoms with van der Waals surface area (Å²) in [4.78, 5) is 26.1.